The van der Waals surface area contributed by atoms with Crippen molar-refractivity contribution in [2.24, 2.45) is 5.92 Å². The van der Waals surface area contributed by atoms with Crippen molar-refractivity contribution in [1.29, 1.82) is 0 Å². The second kappa shape index (κ2) is 5.15. The van der Waals surface area contributed by atoms with Crippen LogP contribution in [0.3, 0.4) is 0 Å². The van der Waals surface area contributed by atoms with Crippen molar-refractivity contribution < 1.29 is 0 Å². The highest BCUT2D eigenvalue weighted by Gasteiger charge is 2.15. The molecule has 1 aliphatic rings. The first-order chi connectivity index (χ1) is 7.34. The Balaban J connectivity index is 1.89. The molecule has 1 N–H and O–H groups in total. The second-order valence-corrected chi connectivity index (χ2v) is 4.69. The van der Waals surface area contributed by atoms with Gasteiger partial charge >= 0.3 is 0 Å². The quantitative estimate of drug-likeness (QED) is 0.746. The van der Waals surface area contributed by atoms with Gasteiger partial charge in [-0.15, -0.1) is 0 Å². The van der Waals surface area contributed by atoms with Crippen LogP contribution in [0.25, 0.3) is 0 Å². The van der Waals surface area contributed by atoms with Crippen LogP contribution in [0.15, 0.2) is 24.5 Å². The van der Waals surface area contributed by atoms with Gasteiger partial charge in [0.2, 0.25) is 0 Å². The summed E-state index contributed by atoms with van der Waals surface area (Å²) < 4.78 is 0. The molecule has 0 saturated heterocycles. The molecule has 0 aromatic carbocycles. The van der Waals surface area contributed by atoms with Gasteiger partial charge in [-0.05, 0) is 37.3 Å². The van der Waals surface area contributed by atoms with Crippen molar-refractivity contribution in [1.82, 2.24) is 4.98 Å². The van der Waals surface area contributed by atoms with Crippen LogP contribution in [0.2, 0.25) is 0 Å². The Morgan fingerprint density at radius 2 is 1.93 bits per heavy atom. The lowest BCUT2D eigenvalue weighted by Gasteiger charge is -2.17. The zero-order valence-corrected chi connectivity index (χ0v) is 9.45. The van der Waals surface area contributed by atoms with E-state index in [1.165, 1.54) is 37.8 Å². The minimum atomic E-state index is 0.664. The van der Waals surface area contributed by atoms with Gasteiger partial charge in [-0.1, -0.05) is 19.8 Å². The molecule has 1 aromatic rings. The molecule has 1 fully saturated rings. The normalized spacial score (nSPS) is 27.0. The van der Waals surface area contributed by atoms with Gasteiger partial charge in [-0.3, -0.25) is 4.98 Å². The van der Waals surface area contributed by atoms with Crippen LogP contribution >= 0.6 is 0 Å². The Bertz CT molecular complexity index is 284. The third kappa shape index (κ3) is 3.22. The highest BCUT2D eigenvalue weighted by molar-refractivity contribution is 5.41. The topological polar surface area (TPSA) is 24.9 Å². The van der Waals surface area contributed by atoms with E-state index in [-0.39, 0.29) is 0 Å². The molecule has 2 nitrogen and oxygen atoms in total. The number of anilines is 1. The third-order valence-electron chi connectivity index (χ3n) is 3.31. The van der Waals surface area contributed by atoms with Crippen molar-refractivity contribution in [2.75, 3.05) is 5.32 Å². The van der Waals surface area contributed by atoms with E-state index in [0.717, 1.165) is 5.92 Å². The van der Waals surface area contributed by atoms with Crippen LogP contribution in [-0.2, 0) is 0 Å². The fourth-order valence-corrected chi connectivity index (χ4v) is 2.32. The molecule has 15 heavy (non-hydrogen) atoms. The molecule has 2 heteroatoms. The summed E-state index contributed by atoms with van der Waals surface area (Å²) >= 11 is 0. The molecular weight excluding hydrogens is 184 g/mol. The molecule has 2 atom stereocenters. The Hall–Kier alpha value is -1.05. The summed E-state index contributed by atoms with van der Waals surface area (Å²) in [6.45, 7) is 2.37. The number of nitrogens with zero attached hydrogens (tertiary/aromatic N) is 1. The first kappa shape index (κ1) is 10.5. The van der Waals surface area contributed by atoms with Gasteiger partial charge < -0.3 is 5.32 Å². The lowest BCUT2D eigenvalue weighted by molar-refractivity contribution is 0.502. The summed E-state index contributed by atoms with van der Waals surface area (Å²) in [6.07, 6.45) is 10.4. The van der Waals surface area contributed by atoms with Crippen LogP contribution in [-0.4, -0.2) is 11.0 Å². The van der Waals surface area contributed by atoms with Gasteiger partial charge in [0, 0.05) is 24.1 Å². The van der Waals surface area contributed by atoms with Crippen LogP contribution in [0, 0.1) is 5.92 Å². The summed E-state index contributed by atoms with van der Waals surface area (Å²) in [5, 5.41) is 3.60. The van der Waals surface area contributed by atoms with E-state index in [4.69, 9.17) is 0 Å². The number of aromatic nitrogens is 1. The van der Waals surface area contributed by atoms with Gasteiger partial charge in [0.1, 0.15) is 0 Å². The maximum atomic E-state index is 4.03. The van der Waals surface area contributed by atoms with Gasteiger partial charge in [0.05, 0.1) is 0 Å². The molecule has 0 aliphatic heterocycles. The molecule has 2 rings (SSSR count). The highest BCUT2D eigenvalue weighted by atomic mass is 14.9. The second-order valence-electron chi connectivity index (χ2n) is 4.69. The fourth-order valence-electron chi connectivity index (χ4n) is 2.32. The summed E-state index contributed by atoms with van der Waals surface area (Å²) in [7, 11) is 0. The lowest BCUT2D eigenvalue weighted by atomic mass is 10.0. The first-order valence-corrected chi connectivity index (χ1v) is 6.01. The van der Waals surface area contributed by atoms with Crippen LogP contribution in [0.5, 0.6) is 0 Å². The van der Waals surface area contributed by atoms with E-state index in [1.54, 1.807) is 0 Å². The highest BCUT2D eigenvalue weighted by Crippen LogP contribution is 2.24. The number of hydrogen-bond donors (Lipinski definition) is 1. The fraction of sp³-hybridized carbons (Fsp3) is 0.615. The predicted molar refractivity (Wildman–Crippen MR) is 63.9 cm³/mol. The Labute approximate surface area is 92.1 Å². The van der Waals surface area contributed by atoms with E-state index < -0.39 is 0 Å². The zero-order valence-electron chi connectivity index (χ0n) is 9.45. The van der Waals surface area contributed by atoms with Crippen LogP contribution in [0.4, 0.5) is 5.69 Å². The molecule has 0 spiro atoms. The standard InChI is InChI=1S/C13H20N2/c1-11-3-2-4-12(6-5-11)15-13-7-9-14-10-8-13/h7-12H,2-6H2,1H3,(H,14,15). The van der Waals surface area contributed by atoms with E-state index in [0.29, 0.717) is 6.04 Å². The number of nitrogens with one attached hydrogen (secondary N) is 1. The number of hydrogen-bond acceptors (Lipinski definition) is 2. The first-order valence-electron chi connectivity index (χ1n) is 6.01. The molecule has 0 bridgehead atoms. The van der Waals surface area contributed by atoms with Crippen LogP contribution in [0.1, 0.15) is 39.0 Å². The summed E-state index contributed by atoms with van der Waals surface area (Å²) in [4.78, 5) is 4.03. The lowest BCUT2D eigenvalue weighted by Crippen LogP contribution is -2.18. The molecule has 82 valence electrons. The minimum absolute atomic E-state index is 0.664. The average Bonchev–Trinajstić information content (AvgIpc) is 2.46. The van der Waals surface area contributed by atoms with Crippen LogP contribution < -0.4 is 5.32 Å². The van der Waals surface area contributed by atoms with E-state index in [2.05, 4.69) is 17.2 Å². The summed E-state index contributed by atoms with van der Waals surface area (Å²) in [6, 6.07) is 4.76. The predicted octanol–water partition coefficient (Wildman–Crippen LogP) is 3.46. The van der Waals surface area contributed by atoms with E-state index in [9.17, 15) is 0 Å². The van der Waals surface area contributed by atoms with Crippen molar-refractivity contribution >= 4 is 5.69 Å². The minimum Gasteiger partial charge on any atom is -0.382 e. The van der Waals surface area contributed by atoms with Crippen molar-refractivity contribution in [2.45, 2.75) is 45.1 Å². The SMILES string of the molecule is CC1CCCC(Nc2ccncc2)CC1. The van der Waals surface area contributed by atoms with Crippen molar-refractivity contribution in [3.05, 3.63) is 24.5 Å². The van der Waals surface area contributed by atoms with Gasteiger partial charge in [-0.2, -0.15) is 0 Å². The molecule has 0 amide bonds. The Kier molecular flexibility index (Phi) is 3.59. The summed E-state index contributed by atoms with van der Waals surface area (Å²) in [5.41, 5.74) is 1.21. The van der Waals surface area contributed by atoms with Gasteiger partial charge in [-0.25, -0.2) is 0 Å². The number of pyridine rings is 1. The maximum absolute atomic E-state index is 4.03. The molecule has 2 unspecified atom stereocenters. The summed E-state index contributed by atoms with van der Waals surface area (Å²) in [5.74, 6) is 0.911. The van der Waals surface area contributed by atoms with Gasteiger partial charge in [0.15, 0.2) is 0 Å². The molecule has 1 aliphatic carbocycles. The molecule has 1 saturated carbocycles. The van der Waals surface area contributed by atoms with E-state index in [1.807, 2.05) is 24.5 Å². The molecule has 0 radical (unpaired) electrons. The molecule has 1 heterocycles. The zero-order chi connectivity index (χ0) is 10.5. The smallest absolute Gasteiger partial charge is 0.0373 e. The number of rotatable bonds is 2. The largest absolute Gasteiger partial charge is 0.382 e. The van der Waals surface area contributed by atoms with Crippen molar-refractivity contribution in [3.8, 4) is 0 Å². The molecule has 1 aromatic heterocycles. The monoisotopic (exact) mass is 204 g/mol. The average molecular weight is 204 g/mol. The van der Waals surface area contributed by atoms with E-state index >= 15 is 0 Å². The molecular formula is C13H20N2. The van der Waals surface area contributed by atoms with Crippen molar-refractivity contribution in [3.63, 3.8) is 0 Å². The third-order valence-corrected chi connectivity index (χ3v) is 3.31. The maximum Gasteiger partial charge on any atom is 0.0373 e. The van der Waals surface area contributed by atoms with Gasteiger partial charge in [0.25, 0.3) is 0 Å². The Morgan fingerprint density at radius 1 is 1.13 bits per heavy atom. The Morgan fingerprint density at radius 3 is 2.73 bits per heavy atom.